The fraction of sp³-hybridized carbons (Fsp3) is 0.929. The van der Waals surface area contributed by atoms with Crippen molar-refractivity contribution in [2.75, 3.05) is 46.2 Å². The summed E-state index contributed by atoms with van der Waals surface area (Å²) in [5.74, 6) is -0.288. The lowest BCUT2D eigenvalue weighted by atomic mass is 10.3. The van der Waals surface area contributed by atoms with Crippen LogP contribution in [0.15, 0.2) is 0 Å². The molecule has 2 N–H and O–H groups in total. The van der Waals surface area contributed by atoms with E-state index in [0.29, 0.717) is 33.0 Å². The SMILES string of the molecule is CCCCOCCOCCOCCOC(=O)CC(C)N. The molecule has 0 saturated heterocycles. The highest BCUT2D eigenvalue weighted by Gasteiger charge is 2.05. The summed E-state index contributed by atoms with van der Waals surface area (Å²) in [4.78, 5) is 11.1. The molecule has 0 aromatic carbocycles. The van der Waals surface area contributed by atoms with Crippen LogP contribution in [0.5, 0.6) is 0 Å². The van der Waals surface area contributed by atoms with Crippen molar-refractivity contribution >= 4 is 5.97 Å². The molecule has 120 valence electrons. The maximum atomic E-state index is 11.1. The minimum atomic E-state index is -0.288. The van der Waals surface area contributed by atoms with Crippen LogP contribution in [0.4, 0.5) is 0 Å². The van der Waals surface area contributed by atoms with Gasteiger partial charge in [-0.05, 0) is 13.3 Å². The van der Waals surface area contributed by atoms with Gasteiger partial charge in [0, 0.05) is 12.6 Å². The quantitative estimate of drug-likeness (QED) is 0.381. The van der Waals surface area contributed by atoms with E-state index in [1.807, 2.05) is 0 Å². The average molecular weight is 291 g/mol. The normalized spacial score (nSPS) is 12.3. The highest BCUT2D eigenvalue weighted by atomic mass is 16.6. The molecule has 0 aromatic heterocycles. The Balaban J connectivity index is 3.08. The number of carbonyl (C=O) groups excluding carboxylic acids is 1. The summed E-state index contributed by atoms with van der Waals surface area (Å²) >= 11 is 0. The van der Waals surface area contributed by atoms with E-state index in [1.54, 1.807) is 6.92 Å². The Morgan fingerprint density at radius 1 is 0.950 bits per heavy atom. The molecule has 6 heteroatoms. The Kier molecular flexibility index (Phi) is 14.2. The van der Waals surface area contributed by atoms with Gasteiger partial charge < -0.3 is 24.7 Å². The summed E-state index contributed by atoms with van der Waals surface area (Å²) in [5.41, 5.74) is 5.47. The van der Waals surface area contributed by atoms with Crippen LogP contribution >= 0.6 is 0 Å². The maximum Gasteiger partial charge on any atom is 0.307 e. The second-order valence-electron chi connectivity index (χ2n) is 4.59. The highest BCUT2D eigenvalue weighted by Crippen LogP contribution is 1.91. The van der Waals surface area contributed by atoms with E-state index in [1.165, 1.54) is 0 Å². The molecule has 0 amide bonds. The Morgan fingerprint density at radius 3 is 1.95 bits per heavy atom. The first kappa shape index (κ1) is 19.3. The van der Waals surface area contributed by atoms with Crippen LogP contribution in [-0.4, -0.2) is 58.3 Å². The van der Waals surface area contributed by atoms with E-state index in [9.17, 15) is 4.79 Å². The Hall–Kier alpha value is -0.690. The number of carbonyl (C=O) groups is 1. The Labute approximate surface area is 121 Å². The summed E-state index contributed by atoms with van der Waals surface area (Å²) < 4.78 is 20.9. The summed E-state index contributed by atoms with van der Waals surface area (Å²) in [7, 11) is 0. The van der Waals surface area contributed by atoms with E-state index >= 15 is 0 Å². The first-order chi connectivity index (χ1) is 9.66. The molecule has 20 heavy (non-hydrogen) atoms. The number of unbranched alkanes of at least 4 members (excludes halogenated alkanes) is 1. The van der Waals surface area contributed by atoms with E-state index < -0.39 is 0 Å². The van der Waals surface area contributed by atoms with Crippen molar-refractivity contribution in [2.24, 2.45) is 5.73 Å². The van der Waals surface area contributed by atoms with Gasteiger partial charge in [0.2, 0.25) is 0 Å². The number of hydrogen-bond acceptors (Lipinski definition) is 6. The van der Waals surface area contributed by atoms with Crippen LogP contribution in [0, 0.1) is 0 Å². The van der Waals surface area contributed by atoms with Crippen molar-refractivity contribution in [3.8, 4) is 0 Å². The zero-order chi connectivity index (χ0) is 15.1. The summed E-state index contributed by atoms with van der Waals surface area (Å²) in [6.07, 6.45) is 2.47. The number of rotatable bonds is 14. The molecule has 1 unspecified atom stereocenters. The van der Waals surface area contributed by atoms with Gasteiger partial charge in [-0.1, -0.05) is 13.3 Å². The Bertz CT molecular complexity index is 224. The predicted octanol–water partition coefficient (Wildman–Crippen LogP) is 1.12. The molecule has 0 fully saturated rings. The summed E-state index contributed by atoms with van der Waals surface area (Å²) in [6, 6.07) is -0.170. The van der Waals surface area contributed by atoms with E-state index in [2.05, 4.69) is 6.92 Å². The lowest BCUT2D eigenvalue weighted by molar-refractivity contribution is -0.145. The molecule has 0 heterocycles. The van der Waals surface area contributed by atoms with Crippen molar-refractivity contribution in [3.05, 3.63) is 0 Å². The van der Waals surface area contributed by atoms with Gasteiger partial charge in [-0.25, -0.2) is 0 Å². The van der Waals surface area contributed by atoms with Crippen molar-refractivity contribution in [3.63, 3.8) is 0 Å². The first-order valence-electron chi connectivity index (χ1n) is 7.31. The van der Waals surface area contributed by atoms with Gasteiger partial charge in [0.15, 0.2) is 0 Å². The van der Waals surface area contributed by atoms with Crippen LogP contribution in [0.1, 0.15) is 33.1 Å². The van der Waals surface area contributed by atoms with Crippen molar-refractivity contribution in [1.82, 2.24) is 0 Å². The molecule has 0 spiro atoms. The zero-order valence-corrected chi connectivity index (χ0v) is 12.8. The zero-order valence-electron chi connectivity index (χ0n) is 12.8. The van der Waals surface area contributed by atoms with Crippen LogP contribution in [0.2, 0.25) is 0 Å². The summed E-state index contributed by atoms with van der Waals surface area (Å²) in [6.45, 7) is 7.53. The van der Waals surface area contributed by atoms with Crippen molar-refractivity contribution < 1.29 is 23.7 Å². The largest absolute Gasteiger partial charge is 0.463 e. The molecule has 0 radical (unpaired) electrons. The number of nitrogens with two attached hydrogens (primary N) is 1. The van der Waals surface area contributed by atoms with Crippen LogP contribution < -0.4 is 5.73 Å². The minimum absolute atomic E-state index is 0.170. The molecule has 0 aliphatic carbocycles. The number of hydrogen-bond donors (Lipinski definition) is 1. The van der Waals surface area contributed by atoms with Crippen LogP contribution in [-0.2, 0) is 23.7 Å². The van der Waals surface area contributed by atoms with Gasteiger partial charge in [-0.15, -0.1) is 0 Å². The smallest absolute Gasteiger partial charge is 0.307 e. The van der Waals surface area contributed by atoms with Gasteiger partial charge in [-0.2, -0.15) is 0 Å². The number of ether oxygens (including phenoxy) is 4. The molecule has 0 saturated carbocycles. The molecule has 0 aromatic rings. The third kappa shape index (κ3) is 15.4. The topological polar surface area (TPSA) is 80.0 Å². The molecule has 1 atom stereocenters. The minimum Gasteiger partial charge on any atom is -0.463 e. The number of esters is 1. The molecule has 0 bridgehead atoms. The van der Waals surface area contributed by atoms with Gasteiger partial charge in [0.1, 0.15) is 6.61 Å². The standard InChI is InChI=1S/C14H29NO5/c1-3-4-5-17-6-7-18-8-9-19-10-11-20-14(16)12-13(2)15/h13H,3-12,15H2,1-2H3. The molecule has 0 aliphatic rings. The van der Waals surface area contributed by atoms with Gasteiger partial charge >= 0.3 is 5.97 Å². The maximum absolute atomic E-state index is 11.1. The van der Waals surface area contributed by atoms with E-state index in [4.69, 9.17) is 24.7 Å². The van der Waals surface area contributed by atoms with Crippen LogP contribution in [0.3, 0.4) is 0 Å². The fourth-order valence-electron chi connectivity index (χ4n) is 1.32. The Morgan fingerprint density at radius 2 is 1.45 bits per heavy atom. The lowest BCUT2D eigenvalue weighted by Gasteiger charge is -2.08. The second-order valence-corrected chi connectivity index (χ2v) is 4.59. The molecule has 0 rings (SSSR count). The molecular formula is C14H29NO5. The highest BCUT2D eigenvalue weighted by molar-refractivity contribution is 5.69. The fourth-order valence-corrected chi connectivity index (χ4v) is 1.32. The van der Waals surface area contributed by atoms with Crippen LogP contribution in [0.25, 0.3) is 0 Å². The monoisotopic (exact) mass is 291 g/mol. The first-order valence-corrected chi connectivity index (χ1v) is 7.31. The van der Waals surface area contributed by atoms with E-state index in [0.717, 1.165) is 19.4 Å². The van der Waals surface area contributed by atoms with E-state index in [-0.39, 0.29) is 25.0 Å². The molecule has 0 aliphatic heterocycles. The van der Waals surface area contributed by atoms with Crippen molar-refractivity contribution in [1.29, 1.82) is 0 Å². The third-order valence-corrected chi connectivity index (χ3v) is 2.37. The van der Waals surface area contributed by atoms with Gasteiger partial charge in [-0.3, -0.25) is 4.79 Å². The van der Waals surface area contributed by atoms with Crippen molar-refractivity contribution in [2.45, 2.75) is 39.2 Å². The molecular weight excluding hydrogens is 262 g/mol. The van der Waals surface area contributed by atoms with Gasteiger partial charge in [0.25, 0.3) is 0 Å². The summed E-state index contributed by atoms with van der Waals surface area (Å²) in [5, 5.41) is 0. The second kappa shape index (κ2) is 14.7. The van der Waals surface area contributed by atoms with Gasteiger partial charge in [0.05, 0.1) is 39.5 Å². The lowest BCUT2D eigenvalue weighted by Crippen LogP contribution is -2.22. The average Bonchev–Trinajstić information content (AvgIpc) is 2.39. The third-order valence-electron chi connectivity index (χ3n) is 2.37. The molecule has 6 nitrogen and oxygen atoms in total. The predicted molar refractivity (Wildman–Crippen MR) is 76.6 cm³/mol.